The van der Waals surface area contributed by atoms with E-state index < -0.39 is 10.0 Å². The Hall–Kier alpha value is -1.91. The van der Waals surface area contributed by atoms with Gasteiger partial charge in [0.05, 0.1) is 5.69 Å². The Morgan fingerprint density at radius 1 is 1.26 bits per heavy atom. The summed E-state index contributed by atoms with van der Waals surface area (Å²) in [6.07, 6.45) is 1.35. The lowest BCUT2D eigenvalue weighted by Gasteiger charge is -2.34. The van der Waals surface area contributed by atoms with Gasteiger partial charge >= 0.3 is 0 Å². The van der Waals surface area contributed by atoms with Crippen LogP contribution in [0.5, 0.6) is 0 Å². The molecule has 124 valence electrons. The van der Waals surface area contributed by atoms with Crippen LogP contribution in [0.15, 0.2) is 22.9 Å². The average molecular weight is 359 g/mol. The van der Waals surface area contributed by atoms with Gasteiger partial charge < -0.3 is 15.2 Å². The van der Waals surface area contributed by atoms with Crippen LogP contribution >= 0.6 is 11.6 Å². The van der Waals surface area contributed by atoms with Gasteiger partial charge in [-0.3, -0.25) is 0 Å². The fraction of sp³-hybridized carbons (Fsp3) is 0.417. The zero-order valence-electron chi connectivity index (χ0n) is 12.1. The number of nitrogens with zero attached hydrogens (tertiary/aromatic N) is 5. The summed E-state index contributed by atoms with van der Waals surface area (Å²) in [7, 11) is -3.43. The maximum absolute atomic E-state index is 12.4. The number of halogens is 1. The largest absolute Gasteiger partial charge is 0.368 e. The molecule has 0 radical (unpaired) electrons. The van der Waals surface area contributed by atoms with Crippen LogP contribution < -0.4 is 10.6 Å². The van der Waals surface area contributed by atoms with E-state index in [4.69, 9.17) is 17.3 Å². The van der Waals surface area contributed by atoms with E-state index in [9.17, 15) is 8.42 Å². The zero-order chi connectivity index (χ0) is 16.4. The number of nitrogens with two attached hydrogens (primary N) is 1. The van der Waals surface area contributed by atoms with E-state index in [0.717, 1.165) is 0 Å². The van der Waals surface area contributed by atoms with Crippen molar-refractivity contribution in [2.75, 3.05) is 36.8 Å². The van der Waals surface area contributed by atoms with Gasteiger partial charge in [-0.2, -0.15) is 9.29 Å². The molecule has 0 aliphatic carbocycles. The Labute approximate surface area is 138 Å². The summed E-state index contributed by atoms with van der Waals surface area (Å²) < 4.78 is 30.8. The molecule has 1 fully saturated rings. The van der Waals surface area contributed by atoms with E-state index >= 15 is 0 Å². The molecule has 1 saturated heterocycles. The van der Waals surface area contributed by atoms with Crippen LogP contribution in [0.2, 0.25) is 5.15 Å². The predicted octanol–water partition coefficient (Wildman–Crippen LogP) is 0.352. The van der Waals surface area contributed by atoms with Crippen LogP contribution in [-0.2, 0) is 15.8 Å². The summed E-state index contributed by atoms with van der Waals surface area (Å²) >= 11 is 5.87. The Balaban J connectivity index is 1.66. The van der Waals surface area contributed by atoms with Crippen LogP contribution in [-0.4, -0.2) is 54.0 Å². The molecule has 11 heteroatoms. The van der Waals surface area contributed by atoms with E-state index in [-0.39, 0.29) is 16.9 Å². The van der Waals surface area contributed by atoms with Gasteiger partial charge in [-0.15, -0.1) is 0 Å². The highest BCUT2D eigenvalue weighted by molar-refractivity contribution is 7.88. The van der Waals surface area contributed by atoms with Gasteiger partial charge in [0.15, 0.2) is 0 Å². The van der Waals surface area contributed by atoms with Gasteiger partial charge in [-0.05, 0) is 0 Å². The second-order valence-electron chi connectivity index (χ2n) is 5.04. The van der Waals surface area contributed by atoms with Crippen molar-refractivity contribution in [3.63, 3.8) is 0 Å². The molecule has 0 atom stereocenters. The highest BCUT2D eigenvalue weighted by Crippen LogP contribution is 2.20. The Morgan fingerprint density at radius 3 is 2.61 bits per heavy atom. The fourth-order valence-corrected chi connectivity index (χ4v) is 3.98. The van der Waals surface area contributed by atoms with E-state index in [1.165, 1.54) is 10.6 Å². The maximum atomic E-state index is 12.4. The van der Waals surface area contributed by atoms with Gasteiger partial charge in [0, 0.05) is 38.3 Å². The highest BCUT2D eigenvalue weighted by Gasteiger charge is 2.28. The minimum Gasteiger partial charge on any atom is -0.368 e. The number of anilines is 2. The van der Waals surface area contributed by atoms with Crippen LogP contribution in [0.1, 0.15) is 5.69 Å². The first-order valence-corrected chi connectivity index (χ1v) is 8.85. The third kappa shape index (κ3) is 3.71. The number of piperazine rings is 1. The highest BCUT2D eigenvalue weighted by atomic mass is 35.5. The molecule has 1 aliphatic heterocycles. The standard InChI is InChI=1S/C12H15ClN6O3S/c13-10-7-11(16-12(14)15-10)18-2-4-19(5-3-18)23(20,21)8-9-1-6-22-17-9/h1,6-7H,2-5,8H2,(H2,14,15,16). The van der Waals surface area contributed by atoms with E-state index in [2.05, 4.69) is 19.6 Å². The molecule has 0 amide bonds. The Morgan fingerprint density at radius 2 is 2.00 bits per heavy atom. The molecular weight excluding hydrogens is 344 g/mol. The van der Waals surface area contributed by atoms with Crippen LogP contribution in [0.4, 0.5) is 11.8 Å². The lowest BCUT2D eigenvalue weighted by Crippen LogP contribution is -2.49. The van der Waals surface area contributed by atoms with Crippen molar-refractivity contribution in [3.05, 3.63) is 29.2 Å². The zero-order valence-corrected chi connectivity index (χ0v) is 13.7. The number of hydrogen-bond donors (Lipinski definition) is 1. The molecule has 2 N–H and O–H groups in total. The normalized spacial score (nSPS) is 16.7. The summed E-state index contributed by atoms with van der Waals surface area (Å²) in [6, 6.07) is 3.15. The van der Waals surface area contributed by atoms with Crippen molar-refractivity contribution in [2.24, 2.45) is 0 Å². The molecule has 0 bridgehead atoms. The number of nitrogen functional groups attached to an aromatic ring is 1. The predicted molar refractivity (Wildman–Crippen MR) is 84.4 cm³/mol. The Bertz CT molecular complexity index is 754. The summed E-state index contributed by atoms with van der Waals surface area (Å²) in [5.41, 5.74) is 5.97. The molecule has 0 unspecified atom stereocenters. The Kier molecular flexibility index (Phi) is 4.37. The van der Waals surface area contributed by atoms with Crippen LogP contribution in [0.25, 0.3) is 0 Å². The smallest absolute Gasteiger partial charge is 0.223 e. The number of aromatic nitrogens is 3. The minimum atomic E-state index is -3.43. The molecule has 1 aliphatic rings. The molecule has 2 aromatic heterocycles. The quantitative estimate of drug-likeness (QED) is 0.778. The van der Waals surface area contributed by atoms with E-state index in [0.29, 0.717) is 37.7 Å². The molecule has 0 spiro atoms. The SMILES string of the molecule is Nc1nc(Cl)cc(N2CCN(S(=O)(=O)Cc3ccon3)CC2)n1. The number of rotatable bonds is 4. The fourth-order valence-electron chi connectivity index (χ4n) is 2.37. The van der Waals surface area contributed by atoms with Gasteiger partial charge in [0.1, 0.15) is 23.0 Å². The van der Waals surface area contributed by atoms with Gasteiger partial charge in [0.25, 0.3) is 0 Å². The minimum absolute atomic E-state index is 0.0913. The van der Waals surface area contributed by atoms with Crippen molar-refractivity contribution in [1.29, 1.82) is 0 Å². The first-order chi connectivity index (χ1) is 10.9. The molecule has 9 nitrogen and oxygen atoms in total. The van der Waals surface area contributed by atoms with Crippen molar-refractivity contribution in [3.8, 4) is 0 Å². The van der Waals surface area contributed by atoms with E-state index in [1.807, 2.05) is 4.90 Å². The third-order valence-corrected chi connectivity index (χ3v) is 5.48. The maximum Gasteiger partial charge on any atom is 0.223 e. The van der Waals surface area contributed by atoms with Crippen LogP contribution in [0.3, 0.4) is 0 Å². The summed E-state index contributed by atoms with van der Waals surface area (Å²) in [5, 5.41) is 3.90. The number of hydrogen-bond acceptors (Lipinski definition) is 8. The molecule has 3 rings (SSSR count). The molecule has 0 aromatic carbocycles. The van der Waals surface area contributed by atoms with Crippen molar-refractivity contribution >= 4 is 33.4 Å². The molecule has 2 aromatic rings. The third-order valence-electron chi connectivity index (χ3n) is 3.48. The monoisotopic (exact) mass is 358 g/mol. The van der Waals surface area contributed by atoms with Crippen molar-refractivity contribution in [1.82, 2.24) is 19.4 Å². The molecule has 3 heterocycles. The van der Waals surface area contributed by atoms with Crippen molar-refractivity contribution in [2.45, 2.75) is 5.75 Å². The first kappa shape index (κ1) is 16.0. The summed E-state index contributed by atoms with van der Waals surface area (Å²) in [4.78, 5) is 9.85. The van der Waals surface area contributed by atoms with Crippen LogP contribution in [0, 0.1) is 0 Å². The second-order valence-corrected chi connectivity index (χ2v) is 7.40. The average Bonchev–Trinajstić information content (AvgIpc) is 2.98. The molecular formula is C12H15ClN6O3S. The van der Waals surface area contributed by atoms with Gasteiger partial charge in [-0.1, -0.05) is 16.8 Å². The van der Waals surface area contributed by atoms with Gasteiger partial charge in [-0.25, -0.2) is 13.4 Å². The van der Waals surface area contributed by atoms with E-state index in [1.54, 1.807) is 12.1 Å². The first-order valence-electron chi connectivity index (χ1n) is 6.86. The lowest BCUT2D eigenvalue weighted by atomic mass is 10.3. The second kappa shape index (κ2) is 6.30. The number of sulfonamides is 1. The molecule has 0 saturated carbocycles. The lowest BCUT2D eigenvalue weighted by molar-refractivity contribution is 0.380. The summed E-state index contributed by atoms with van der Waals surface area (Å²) in [5.74, 6) is 0.514. The van der Waals surface area contributed by atoms with Crippen molar-refractivity contribution < 1.29 is 12.9 Å². The van der Waals surface area contributed by atoms with Gasteiger partial charge in [0.2, 0.25) is 16.0 Å². The topological polar surface area (TPSA) is 118 Å². The summed E-state index contributed by atoms with van der Waals surface area (Å²) in [6.45, 7) is 1.68. The molecule has 23 heavy (non-hydrogen) atoms.